The van der Waals surface area contributed by atoms with Crippen LogP contribution in [0, 0.1) is 0 Å². The lowest BCUT2D eigenvalue weighted by atomic mass is 10.2. The van der Waals surface area contributed by atoms with Gasteiger partial charge in [-0.15, -0.1) is 0 Å². The third kappa shape index (κ3) is 5.01. The average Bonchev–Trinajstić information content (AvgIpc) is 2.81. The molecule has 0 atom stereocenters. The predicted molar refractivity (Wildman–Crippen MR) is 124 cm³/mol. The lowest BCUT2D eigenvalue weighted by Gasteiger charge is -2.30. The third-order valence-electron chi connectivity index (χ3n) is 4.87. The van der Waals surface area contributed by atoms with Crippen molar-refractivity contribution in [3.63, 3.8) is 0 Å². The van der Waals surface area contributed by atoms with Gasteiger partial charge >= 0.3 is 0 Å². The molecule has 0 unspecified atom stereocenters. The van der Waals surface area contributed by atoms with Gasteiger partial charge in [-0.2, -0.15) is 0 Å². The molecule has 166 valence electrons. The molecule has 4 rings (SSSR count). The molecule has 1 aliphatic rings. The smallest absolute Gasteiger partial charge is 0.274 e. The molecule has 8 nitrogen and oxygen atoms in total. The number of nitrogens with one attached hydrogen (secondary N) is 2. The maximum Gasteiger partial charge on any atom is 0.274 e. The minimum Gasteiger partial charge on any atom is -0.378 e. The van der Waals surface area contributed by atoms with Gasteiger partial charge in [0.25, 0.3) is 15.9 Å². The number of morpholine rings is 1. The molecule has 10 heteroatoms. The summed E-state index contributed by atoms with van der Waals surface area (Å²) in [7, 11) is -4.02. The zero-order valence-corrected chi connectivity index (χ0v) is 18.6. The Morgan fingerprint density at radius 1 is 1.03 bits per heavy atom. The van der Waals surface area contributed by atoms with E-state index in [1.807, 2.05) is 4.90 Å². The molecule has 0 spiro atoms. The molecule has 1 saturated heterocycles. The highest BCUT2D eigenvalue weighted by Gasteiger charge is 2.25. The fourth-order valence-corrected chi connectivity index (χ4v) is 4.88. The number of ether oxygens (including phenoxy) is 1. The van der Waals surface area contributed by atoms with E-state index in [-0.39, 0.29) is 21.3 Å². The normalized spacial score (nSPS) is 14.1. The Bertz CT molecular complexity index is 1220. The topological polar surface area (TPSA) is 101 Å². The van der Waals surface area contributed by atoms with E-state index in [1.165, 1.54) is 12.3 Å². The van der Waals surface area contributed by atoms with Crippen LogP contribution in [-0.2, 0) is 14.8 Å². The lowest BCUT2D eigenvalue weighted by molar-refractivity contribution is 0.102. The van der Waals surface area contributed by atoms with Crippen molar-refractivity contribution in [3.05, 3.63) is 77.6 Å². The van der Waals surface area contributed by atoms with Crippen molar-refractivity contribution >= 4 is 44.6 Å². The van der Waals surface area contributed by atoms with Gasteiger partial charge in [0.05, 0.1) is 29.6 Å². The van der Waals surface area contributed by atoms with E-state index in [2.05, 4.69) is 15.0 Å². The molecule has 1 fully saturated rings. The number of amides is 1. The van der Waals surface area contributed by atoms with E-state index in [0.717, 1.165) is 0 Å². The van der Waals surface area contributed by atoms with Crippen molar-refractivity contribution in [1.82, 2.24) is 4.98 Å². The first-order valence-electron chi connectivity index (χ1n) is 9.90. The summed E-state index contributed by atoms with van der Waals surface area (Å²) < 4.78 is 34.7. The van der Waals surface area contributed by atoms with Crippen LogP contribution in [0.1, 0.15) is 10.5 Å². The first-order valence-corrected chi connectivity index (χ1v) is 11.8. The fraction of sp³-hybridized carbons (Fsp3) is 0.182. The molecule has 0 bridgehead atoms. The molecule has 0 aliphatic carbocycles. The Kier molecular flexibility index (Phi) is 6.59. The Hall–Kier alpha value is -3.14. The van der Waals surface area contributed by atoms with Crippen LogP contribution >= 0.6 is 11.6 Å². The van der Waals surface area contributed by atoms with Gasteiger partial charge in [0.1, 0.15) is 10.6 Å². The van der Waals surface area contributed by atoms with Crippen molar-refractivity contribution in [1.29, 1.82) is 0 Å². The Morgan fingerprint density at radius 2 is 1.78 bits per heavy atom. The Morgan fingerprint density at radius 3 is 2.50 bits per heavy atom. The van der Waals surface area contributed by atoms with Gasteiger partial charge < -0.3 is 15.0 Å². The van der Waals surface area contributed by atoms with E-state index >= 15 is 0 Å². The maximum atomic E-state index is 13.4. The van der Waals surface area contributed by atoms with Gasteiger partial charge in [-0.25, -0.2) is 8.42 Å². The largest absolute Gasteiger partial charge is 0.378 e. The standard InChI is InChI=1S/C22H21ClN4O4S/c23-17-5-1-2-6-18(17)26-32(29,30)21-15-16(25-22(28)19-7-3-4-10-24-19)8-9-20(21)27-11-13-31-14-12-27/h1-10,15,26H,11-14H2,(H,25,28). The highest BCUT2D eigenvalue weighted by molar-refractivity contribution is 7.93. The van der Waals surface area contributed by atoms with E-state index in [9.17, 15) is 13.2 Å². The molecule has 1 aromatic heterocycles. The average molecular weight is 473 g/mol. The van der Waals surface area contributed by atoms with Crippen LogP contribution in [-0.4, -0.2) is 45.6 Å². The fourth-order valence-electron chi connectivity index (χ4n) is 3.31. The second kappa shape index (κ2) is 9.56. The molecular weight excluding hydrogens is 452 g/mol. The van der Waals surface area contributed by atoms with E-state index in [0.29, 0.717) is 37.7 Å². The van der Waals surface area contributed by atoms with Gasteiger partial charge in [-0.05, 0) is 42.5 Å². The number of hydrogen-bond donors (Lipinski definition) is 2. The monoisotopic (exact) mass is 472 g/mol. The Labute approximate surface area is 191 Å². The summed E-state index contributed by atoms with van der Waals surface area (Å²) >= 11 is 6.16. The first-order chi connectivity index (χ1) is 15.4. The number of pyridine rings is 1. The third-order valence-corrected chi connectivity index (χ3v) is 6.60. The van der Waals surface area contributed by atoms with Crippen LogP contribution in [0.15, 0.2) is 71.8 Å². The summed E-state index contributed by atoms with van der Waals surface area (Å²) in [5, 5.41) is 2.99. The minimum atomic E-state index is -4.02. The molecular formula is C22H21ClN4O4S. The Balaban J connectivity index is 1.70. The van der Waals surface area contributed by atoms with Gasteiger partial charge in [0.15, 0.2) is 0 Å². The lowest BCUT2D eigenvalue weighted by Crippen LogP contribution is -2.37. The first kappa shape index (κ1) is 22.1. The molecule has 0 radical (unpaired) electrons. The molecule has 2 N–H and O–H groups in total. The summed E-state index contributed by atoms with van der Waals surface area (Å²) in [6.07, 6.45) is 1.51. The van der Waals surface area contributed by atoms with E-state index in [4.69, 9.17) is 16.3 Å². The van der Waals surface area contributed by atoms with Crippen molar-refractivity contribution < 1.29 is 17.9 Å². The van der Waals surface area contributed by atoms with Crippen molar-refractivity contribution in [2.24, 2.45) is 0 Å². The second-order valence-electron chi connectivity index (χ2n) is 7.04. The minimum absolute atomic E-state index is 0.0261. The summed E-state index contributed by atoms with van der Waals surface area (Å²) in [6.45, 7) is 2.09. The number of carbonyl (C=O) groups is 1. The van der Waals surface area contributed by atoms with Crippen molar-refractivity contribution in [2.45, 2.75) is 4.90 Å². The summed E-state index contributed by atoms with van der Waals surface area (Å²) in [5.41, 5.74) is 1.34. The van der Waals surface area contributed by atoms with E-state index < -0.39 is 15.9 Å². The summed E-state index contributed by atoms with van der Waals surface area (Å²) in [5.74, 6) is -0.438. The highest BCUT2D eigenvalue weighted by atomic mass is 35.5. The SMILES string of the molecule is O=C(Nc1ccc(N2CCOCC2)c(S(=O)(=O)Nc2ccccc2Cl)c1)c1ccccn1. The summed E-state index contributed by atoms with van der Waals surface area (Å²) in [4.78, 5) is 18.5. The number of aromatic nitrogens is 1. The zero-order chi connectivity index (χ0) is 22.6. The van der Waals surface area contributed by atoms with Crippen LogP contribution in [0.3, 0.4) is 0 Å². The molecule has 1 aliphatic heterocycles. The highest BCUT2D eigenvalue weighted by Crippen LogP contribution is 2.32. The predicted octanol–water partition coefficient (Wildman–Crippen LogP) is 3.62. The number of rotatable bonds is 6. The molecule has 3 aromatic rings. The number of anilines is 3. The number of sulfonamides is 1. The quantitative estimate of drug-likeness (QED) is 0.568. The van der Waals surface area contributed by atoms with Gasteiger partial charge in [0.2, 0.25) is 0 Å². The van der Waals surface area contributed by atoms with Crippen molar-refractivity contribution in [2.75, 3.05) is 41.2 Å². The van der Waals surface area contributed by atoms with Gasteiger partial charge in [-0.3, -0.25) is 14.5 Å². The van der Waals surface area contributed by atoms with Crippen molar-refractivity contribution in [3.8, 4) is 0 Å². The van der Waals surface area contributed by atoms with Crippen LogP contribution in [0.5, 0.6) is 0 Å². The van der Waals surface area contributed by atoms with Gasteiger partial charge in [0, 0.05) is 25.0 Å². The van der Waals surface area contributed by atoms with Crippen LogP contribution in [0.25, 0.3) is 0 Å². The number of para-hydroxylation sites is 1. The van der Waals surface area contributed by atoms with E-state index in [1.54, 1.807) is 54.6 Å². The zero-order valence-electron chi connectivity index (χ0n) is 17.0. The van der Waals surface area contributed by atoms with Crippen LogP contribution < -0.4 is 14.9 Å². The van der Waals surface area contributed by atoms with Gasteiger partial charge in [-0.1, -0.05) is 29.8 Å². The maximum absolute atomic E-state index is 13.4. The molecule has 2 heterocycles. The number of benzene rings is 2. The van der Waals surface area contributed by atoms with Crippen LogP contribution in [0.4, 0.5) is 17.1 Å². The molecule has 0 saturated carbocycles. The number of hydrogen-bond acceptors (Lipinski definition) is 6. The number of halogens is 1. The summed E-state index contributed by atoms with van der Waals surface area (Å²) in [6, 6.07) is 16.4. The van der Waals surface area contributed by atoms with Crippen LogP contribution in [0.2, 0.25) is 5.02 Å². The molecule has 32 heavy (non-hydrogen) atoms. The number of nitrogens with zero attached hydrogens (tertiary/aromatic N) is 2. The second-order valence-corrected chi connectivity index (χ2v) is 9.09. The molecule has 2 aromatic carbocycles. The number of carbonyl (C=O) groups excluding carboxylic acids is 1. The molecule has 1 amide bonds.